The molecule has 2 atom stereocenters. The predicted octanol–water partition coefficient (Wildman–Crippen LogP) is 3.66. The Balaban J connectivity index is 2.19. The average molecular weight is 308 g/mol. The smallest absolute Gasteiger partial charge is 0.125 e. The van der Waals surface area contributed by atoms with Crippen molar-refractivity contribution in [1.82, 2.24) is 5.32 Å². The van der Waals surface area contributed by atoms with Crippen molar-refractivity contribution in [2.75, 3.05) is 6.61 Å². The first-order chi connectivity index (χ1) is 8.70. The summed E-state index contributed by atoms with van der Waals surface area (Å²) in [5.74, 6) is 3.68. The lowest BCUT2D eigenvalue weighted by molar-refractivity contribution is 0.314. The summed E-state index contributed by atoms with van der Waals surface area (Å²) >= 11 is 3.48. The lowest BCUT2D eigenvalue weighted by Gasteiger charge is -2.22. The summed E-state index contributed by atoms with van der Waals surface area (Å²) in [5.41, 5.74) is 1.24. The minimum absolute atomic E-state index is 0.328. The molecule has 1 heterocycles. The van der Waals surface area contributed by atoms with E-state index in [0.717, 1.165) is 36.1 Å². The molecule has 0 saturated heterocycles. The van der Waals surface area contributed by atoms with Gasteiger partial charge in [-0.2, -0.15) is 0 Å². The highest BCUT2D eigenvalue weighted by Crippen LogP contribution is 2.33. The molecule has 0 aromatic heterocycles. The number of hydrogen-bond donors (Lipinski definition) is 1. The van der Waals surface area contributed by atoms with Crippen LogP contribution in [0, 0.1) is 12.3 Å². The molecule has 0 fully saturated rings. The van der Waals surface area contributed by atoms with E-state index in [1.165, 1.54) is 5.56 Å². The van der Waals surface area contributed by atoms with Gasteiger partial charge in [-0.3, -0.25) is 0 Å². The zero-order chi connectivity index (χ0) is 13.0. The largest absolute Gasteiger partial charge is 0.493 e. The zero-order valence-corrected chi connectivity index (χ0v) is 12.2. The minimum Gasteiger partial charge on any atom is -0.493 e. The van der Waals surface area contributed by atoms with Gasteiger partial charge in [-0.05, 0) is 31.9 Å². The van der Waals surface area contributed by atoms with Crippen molar-refractivity contribution in [3.05, 3.63) is 28.2 Å². The maximum Gasteiger partial charge on any atom is 0.125 e. The van der Waals surface area contributed by atoms with Crippen LogP contribution in [0.4, 0.5) is 0 Å². The molecule has 3 heteroatoms. The van der Waals surface area contributed by atoms with Crippen LogP contribution < -0.4 is 10.1 Å². The summed E-state index contributed by atoms with van der Waals surface area (Å²) < 4.78 is 6.84. The zero-order valence-electron chi connectivity index (χ0n) is 10.6. The van der Waals surface area contributed by atoms with Gasteiger partial charge in [0.15, 0.2) is 0 Å². The number of fused-ring (bicyclic) bond motifs is 1. The van der Waals surface area contributed by atoms with Crippen molar-refractivity contribution < 1.29 is 4.74 Å². The first-order valence-corrected chi connectivity index (χ1v) is 7.11. The van der Waals surface area contributed by atoms with E-state index in [2.05, 4.69) is 46.2 Å². The van der Waals surface area contributed by atoms with E-state index in [4.69, 9.17) is 11.2 Å². The van der Waals surface area contributed by atoms with Crippen molar-refractivity contribution in [1.29, 1.82) is 0 Å². The highest BCUT2D eigenvalue weighted by molar-refractivity contribution is 9.10. The van der Waals surface area contributed by atoms with E-state index >= 15 is 0 Å². The topological polar surface area (TPSA) is 21.3 Å². The van der Waals surface area contributed by atoms with Crippen LogP contribution in [0.2, 0.25) is 0 Å². The van der Waals surface area contributed by atoms with Crippen LogP contribution in [0.25, 0.3) is 0 Å². The van der Waals surface area contributed by atoms with Gasteiger partial charge in [-0.15, -0.1) is 12.3 Å². The van der Waals surface area contributed by atoms with Crippen molar-refractivity contribution in [3.8, 4) is 18.1 Å². The highest BCUT2D eigenvalue weighted by atomic mass is 79.9. The molecule has 0 saturated carbocycles. The second-order valence-corrected chi connectivity index (χ2v) is 5.62. The molecule has 0 radical (unpaired) electrons. The highest BCUT2D eigenvalue weighted by Gasteiger charge is 2.20. The summed E-state index contributed by atoms with van der Waals surface area (Å²) in [5, 5.41) is 3.60. The molecular formula is C15H18BrNO. The molecule has 0 amide bonds. The lowest BCUT2D eigenvalue weighted by atomic mass is 10.0. The van der Waals surface area contributed by atoms with Crippen molar-refractivity contribution in [3.63, 3.8) is 0 Å². The molecule has 1 N–H and O–H groups in total. The normalized spacial score (nSPS) is 20.2. The Bertz CT molecular complexity index is 452. The summed E-state index contributed by atoms with van der Waals surface area (Å²) in [6.45, 7) is 2.91. The Morgan fingerprint density at radius 1 is 1.61 bits per heavy atom. The lowest BCUT2D eigenvalue weighted by Crippen LogP contribution is -2.30. The van der Waals surface area contributed by atoms with Gasteiger partial charge in [0.25, 0.3) is 0 Å². The molecule has 0 spiro atoms. The average Bonchev–Trinajstić information content (AvgIpc) is 2.52. The Morgan fingerprint density at radius 2 is 2.44 bits per heavy atom. The van der Waals surface area contributed by atoms with Gasteiger partial charge < -0.3 is 10.1 Å². The van der Waals surface area contributed by atoms with E-state index < -0.39 is 0 Å². The third-order valence-electron chi connectivity index (χ3n) is 3.16. The maximum absolute atomic E-state index is 5.79. The van der Waals surface area contributed by atoms with Crippen molar-refractivity contribution >= 4 is 15.9 Å². The molecule has 1 aromatic rings. The van der Waals surface area contributed by atoms with Crippen LogP contribution in [0.5, 0.6) is 5.75 Å². The van der Waals surface area contributed by atoms with Gasteiger partial charge in [0, 0.05) is 28.5 Å². The summed E-state index contributed by atoms with van der Waals surface area (Å²) in [4.78, 5) is 0. The SMILES string of the molecule is C#CCC(C)NC1CCCOc2cc(Br)ccc21. The van der Waals surface area contributed by atoms with Crippen molar-refractivity contribution in [2.24, 2.45) is 0 Å². The first-order valence-electron chi connectivity index (χ1n) is 6.32. The van der Waals surface area contributed by atoms with Gasteiger partial charge in [0.1, 0.15) is 5.75 Å². The Hall–Kier alpha value is -0.980. The Kier molecular flexibility index (Phi) is 4.68. The number of benzene rings is 1. The van der Waals surface area contributed by atoms with Gasteiger partial charge in [-0.1, -0.05) is 22.0 Å². The number of halogens is 1. The van der Waals surface area contributed by atoms with E-state index in [1.807, 2.05) is 6.07 Å². The molecule has 96 valence electrons. The third kappa shape index (κ3) is 3.28. The third-order valence-corrected chi connectivity index (χ3v) is 3.65. The number of nitrogens with one attached hydrogen (secondary N) is 1. The standard InChI is InChI=1S/C15H18BrNO/c1-3-5-11(2)17-14-6-4-9-18-15-10-12(16)7-8-13(14)15/h1,7-8,10-11,14,17H,4-6,9H2,2H3. The molecule has 2 rings (SSSR count). The van der Waals surface area contributed by atoms with Gasteiger partial charge in [0.2, 0.25) is 0 Å². The van der Waals surface area contributed by atoms with Crippen molar-refractivity contribution in [2.45, 2.75) is 38.3 Å². The second-order valence-electron chi connectivity index (χ2n) is 4.70. The van der Waals surface area contributed by atoms with Crippen LogP contribution in [0.3, 0.4) is 0 Å². The second kappa shape index (κ2) is 6.26. The molecule has 2 unspecified atom stereocenters. The minimum atomic E-state index is 0.328. The van der Waals surface area contributed by atoms with Crippen LogP contribution in [0.15, 0.2) is 22.7 Å². The summed E-state index contributed by atoms with van der Waals surface area (Å²) in [6.07, 6.45) is 8.26. The van der Waals surface area contributed by atoms with E-state index in [0.29, 0.717) is 12.1 Å². The fourth-order valence-corrected chi connectivity index (χ4v) is 2.64. The molecule has 2 nitrogen and oxygen atoms in total. The summed E-state index contributed by atoms with van der Waals surface area (Å²) in [6, 6.07) is 6.90. The first kappa shape index (κ1) is 13.5. The van der Waals surface area contributed by atoms with Crippen LogP contribution in [-0.4, -0.2) is 12.6 Å². The Morgan fingerprint density at radius 3 is 3.22 bits per heavy atom. The fraction of sp³-hybridized carbons (Fsp3) is 0.467. The predicted molar refractivity (Wildman–Crippen MR) is 77.7 cm³/mol. The summed E-state index contributed by atoms with van der Waals surface area (Å²) in [7, 11) is 0. The molecule has 0 bridgehead atoms. The molecule has 1 aliphatic rings. The van der Waals surface area contributed by atoms with Gasteiger partial charge in [0.05, 0.1) is 6.61 Å². The fourth-order valence-electron chi connectivity index (χ4n) is 2.30. The van der Waals surface area contributed by atoms with E-state index in [9.17, 15) is 0 Å². The van der Waals surface area contributed by atoms with Crippen LogP contribution >= 0.6 is 15.9 Å². The molecule has 0 aliphatic carbocycles. The maximum atomic E-state index is 5.79. The number of ether oxygens (including phenoxy) is 1. The quantitative estimate of drug-likeness (QED) is 0.860. The molecule has 18 heavy (non-hydrogen) atoms. The van der Waals surface area contributed by atoms with E-state index in [-0.39, 0.29) is 0 Å². The van der Waals surface area contributed by atoms with Crippen LogP contribution in [-0.2, 0) is 0 Å². The van der Waals surface area contributed by atoms with Gasteiger partial charge >= 0.3 is 0 Å². The van der Waals surface area contributed by atoms with Gasteiger partial charge in [-0.25, -0.2) is 0 Å². The molecule has 1 aromatic carbocycles. The molecule has 1 aliphatic heterocycles. The number of terminal acetylenes is 1. The number of rotatable bonds is 3. The molecular weight excluding hydrogens is 290 g/mol. The van der Waals surface area contributed by atoms with Crippen LogP contribution in [0.1, 0.15) is 37.8 Å². The number of hydrogen-bond acceptors (Lipinski definition) is 2. The van der Waals surface area contributed by atoms with E-state index in [1.54, 1.807) is 0 Å². The monoisotopic (exact) mass is 307 g/mol. The Labute approximate surface area is 117 Å².